The molecule has 3 aliphatic rings. The van der Waals surface area contributed by atoms with E-state index in [0.717, 1.165) is 12.0 Å². The molecule has 3 heterocycles. The van der Waals surface area contributed by atoms with E-state index < -0.39 is 0 Å². The van der Waals surface area contributed by atoms with Crippen LogP contribution in [0.4, 0.5) is 5.69 Å². The first-order chi connectivity index (χ1) is 9.88. The highest BCUT2D eigenvalue weighted by molar-refractivity contribution is 7.99. The van der Waals surface area contributed by atoms with Crippen molar-refractivity contribution >= 4 is 17.4 Å². The number of fused-ring (bicyclic) bond motifs is 3. The number of nitrogens with one attached hydrogen (secondary N) is 1. The summed E-state index contributed by atoms with van der Waals surface area (Å²) < 4.78 is 0. The Bertz CT molecular complexity index is 514. The molecule has 1 aromatic carbocycles. The van der Waals surface area contributed by atoms with Gasteiger partial charge in [0.05, 0.1) is 5.69 Å². The lowest BCUT2D eigenvalue weighted by atomic mass is 9.89. The number of anilines is 1. The van der Waals surface area contributed by atoms with Crippen molar-refractivity contribution in [2.45, 2.75) is 49.5 Å². The summed E-state index contributed by atoms with van der Waals surface area (Å²) in [5.41, 5.74) is 4.81. The lowest BCUT2D eigenvalue weighted by Gasteiger charge is -2.33. The molecule has 3 aliphatic heterocycles. The number of nitrogens with zero attached hydrogens (tertiary/aromatic N) is 1. The third-order valence-electron chi connectivity index (χ3n) is 5.04. The predicted octanol–water partition coefficient (Wildman–Crippen LogP) is 3.40. The van der Waals surface area contributed by atoms with Crippen LogP contribution in [0.3, 0.4) is 0 Å². The molecule has 0 bridgehead atoms. The fourth-order valence-corrected chi connectivity index (χ4v) is 5.32. The average Bonchev–Trinajstić information content (AvgIpc) is 2.64. The van der Waals surface area contributed by atoms with Crippen molar-refractivity contribution in [1.29, 1.82) is 0 Å². The molecule has 1 N–H and O–H groups in total. The Kier molecular flexibility index (Phi) is 3.43. The van der Waals surface area contributed by atoms with Gasteiger partial charge in [-0.2, -0.15) is 0 Å². The summed E-state index contributed by atoms with van der Waals surface area (Å²) in [6.45, 7) is 5.92. The number of hydrogen-bond acceptors (Lipinski definition) is 3. The molecule has 3 heteroatoms. The first-order valence-corrected chi connectivity index (χ1v) is 9.14. The molecular formula is C17H24N2S. The summed E-state index contributed by atoms with van der Waals surface area (Å²) >= 11 is 2.09. The second kappa shape index (κ2) is 5.27. The molecular weight excluding hydrogens is 264 g/mol. The second-order valence-electron chi connectivity index (χ2n) is 6.34. The zero-order valence-electron chi connectivity index (χ0n) is 12.3. The first-order valence-electron chi connectivity index (χ1n) is 8.15. The Hall–Kier alpha value is -0.670. The van der Waals surface area contributed by atoms with Crippen LogP contribution in [0.2, 0.25) is 0 Å². The maximum atomic E-state index is 3.62. The molecule has 1 saturated heterocycles. The van der Waals surface area contributed by atoms with Crippen molar-refractivity contribution in [2.75, 3.05) is 30.3 Å². The number of thioether (sulfide) groups is 1. The minimum atomic E-state index is 0.730. The zero-order chi connectivity index (χ0) is 13.5. The van der Waals surface area contributed by atoms with Gasteiger partial charge in [-0.25, -0.2) is 0 Å². The van der Waals surface area contributed by atoms with E-state index in [1.807, 2.05) is 0 Å². The fourth-order valence-electron chi connectivity index (χ4n) is 4.22. The van der Waals surface area contributed by atoms with E-state index in [9.17, 15) is 0 Å². The van der Waals surface area contributed by atoms with Gasteiger partial charge in [-0.3, -0.25) is 0 Å². The van der Waals surface area contributed by atoms with E-state index in [1.54, 1.807) is 21.7 Å². The van der Waals surface area contributed by atoms with Gasteiger partial charge in [0.25, 0.3) is 0 Å². The van der Waals surface area contributed by atoms with Crippen LogP contribution in [0.25, 0.3) is 0 Å². The first kappa shape index (κ1) is 13.0. The van der Waals surface area contributed by atoms with E-state index in [0.29, 0.717) is 0 Å². The molecule has 0 aliphatic carbocycles. The second-order valence-corrected chi connectivity index (χ2v) is 7.48. The molecule has 4 rings (SSSR count). The van der Waals surface area contributed by atoms with E-state index >= 15 is 0 Å². The lowest BCUT2D eigenvalue weighted by Crippen LogP contribution is -2.44. The number of piperidine rings is 1. The molecule has 2 nitrogen and oxygen atoms in total. The van der Waals surface area contributed by atoms with Gasteiger partial charge in [-0.1, -0.05) is 19.4 Å². The Morgan fingerprint density at radius 3 is 3.25 bits per heavy atom. The van der Waals surface area contributed by atoms with Crippen LogP contribution in [0.5, 0.6) is 0 Å². The minimum absolute atomic E-state index is 0.730. The van der Waals surface area contributed by atoms with Crippen LogP contribution in [0, 0.1) is 0 Å². The lowest BCUT2D eigenvalue weighted by molar-refractivity contribution is 0.403. The Morgan fingerprint density at radius 1 is 1.40 bits per heavy atom. The summed E-state index contributed by atoms with van der Waals surface area (Å²) in [4.78, 5) is 4.32. The molecule has 1 fully saturated rings. The third kappa shape index (κ3) is 1.98. The van der Waals surface area contributed by atoms with Gasteiger partial charge >= 0.3 is 0 Å². The van der Waals surface area contributed by atoms with Gasteiger partial charge in [-0.05, 0) is 48.8 Å². The Morgan fingerprint density at radius 2 is 2.35 bits per heavy atom. The minimum Gasteiger partial charge on any atom is -0.367 e. The van der Waals surface area contributed by atoms with Gasteiger partial charge in [-0.15, -0.1) is 11.8 Å². The fraction of sp³-hybridized carbons (Fsp3) is 0.647. The quantitative estimate of drug-likeness (QED) is 0.898. The van der Waals surface area contributed by atoms with Crippen LogP contribution in [0.1, 0.15) is 43.2 Å². The normalized spacial score (nSPS) is 27.9. The molecule has 0 saturated carbocycles. The van der Waals surface area contributed by atoms with Crippen LogP contribution in [0.15, 0.2) is 17.0 Å². The number of benzene rings is 1. The van der Waals surface area contributed by atoms with Gasteiger partial charge in [0.2, 0.25) is 0 Å². The molecule has 20 heavy (non-hydrogen) atoms. The third-order valence-corrected chi connectivity index (χ3v) is 6.15. The smallest absolute Gasteiger partial charge is 0.0543 e. The molecule has 2 atom stereocenters. The van der Waals surface area contributed by atoms with Crippen LogP contribution >= 0.6 is 11.8 Å². The highest BCUT2D eigenvalue weighted by atomic mass is 32.2. The maximum absolute atomic E-state index is 3.62. The van der Waals surface area contributed by atoms with Crippen molar-refractivity contribution in [3.8, 4) is 0 Å². The van der Waals surface area contributed by atoms with Crippen molar-refractivity contribution in [1.82, 2.24) is 5.32 Å². The maximum Gasteiger partial charge on any atom is 0.0543 e. The van der Waals surface area contributed by atoms with Crippen molar-refractivity contribution in [2.24, 2.45) is 0 Å². The SMILES string of the molecule is CCCc1cc2c3c(c1)[C@@H]1CNCC[C@@H]1N3CCCS2. The molecule has 0 radical (unpaired) electrons. The van der Waals surface area contributed by atoms with E-state index in [-0.39, 0.29) is 0 Å². The van der Waals surface area contributed by atoms with Crippen LogP contribution < -0.4 is 10.2 Å². The molecule has 0 aromatic heterocycles. The van der Waals surface area contributed by atoms with Crippen LogP contribution in [-0.4, -0.2) is 31.4 Å². The van der Waals surface area contributed by atoms with Crippen molar-refractivity contribution in [3.63, 3.8) is 0 Å². The van der Waals surface area contributed by atoms with Gasteiger partial charge in [0, 0.05) is 29.9 Å². The Labute approximate surface area is 126 Å². The predicted molar refractivity (Wildman–Crippen MR) is 87.1 cm³/mol. The monoisotopic (exact) mass is 288 g/mol. The number of aryl methyl sites for hydroxylation is 1. The molecule has 108 valence electrons. The van der Waals surface area contributed by atoms with Gasteiger partial charge in [0.15, 0.2) is 0 Å². The number of rotatable bonds is 2. The molecule has 0 spiro atoms. The van der Waals surface area contributed by atoms with Crippen LogP contribution in [-0.2, 0) is 6.42 Å². The highest BCUT2D eigenvalue weighted by Gasteiger charge is 2.41. The van der Waals surface area contributed by atoms with Crippen molar-refractivity contribution in [3.05, 3.63) is 23.3 Å². The summed E-state index contributed by atoms with van der Waals surface area (Å²) in [6, 6.07) is 5.77. The average molecular weight is 288 g/mol. The van der Waals surface area contributed by atoms with Gasteiger partial charge in [0.1, 0.15) is 0 Å². The largest absolute Gasteiger partial charge is 0.367 e. The van der Waals surface area contributed by atoms with E-state index in [1.165, 1.54) is 51.1 Å². The molecule has 0 unspecified atom stereocenters. The Balaban J connectivity index is 1.83. The molecule has 0 amide bonds. The van der Waals surface area contributed by atoms with Crippen molar-refractivity contribution < 1.29 is 0 Å². The van der Waals surface area contributed by atoms with E-state index in [2.05, 4.69) is 41.0 Å². The standard InChI is InChI=1S/C17H24N2S/c1-2-4-12-9-13-14-11-18-6-5-15(14)19-7-3-8-20-16(10-12)17(13)19/h9-10,14-15,18H,2-8,11H2,1H3/t14-,15-/m0/s1. The number of hydrogen-bond donors (Lipinski definition) is 1. The van der Waals surface area contributed by atoms with E-state index in [4.69, 9.17) is 0 Å². The summed E-state index contributed by atoms with van der Waals surface area (Å²) in [7, 11) is 0. The van der Waals surface area contributed by atoms with Gasteiger partial charge < -0.3 is 10.2 Å². The summed E-state index contributed by atoms with van der Waals surface area (Å²) in [5.74, 6) is 2.02. The zero-order valence-corrected chi connectivity index (χ0v) is 13.1. The summed E-state index contributed by atoms with van der Waals surface area (Å²) in [5, 5.41) is 3.62. The topological polar surface area (TPSA) is 15.3 Å². The highest BCUT2D eigenvalue weighted by Crippen LogP contribution is 2.50. The molecule has 1 aromatic rings. The summed E-state index contributed by atoms with van der Waals surface area (Å²) in [6.07, 6.45) is 5.12.